The second-order valence-corrected chi connectivity index (χ2v) is 10.5. The zero-order valence-corrected chi connectivity index (χ0v) is 21.6. The van der Waals surface area contributed by atoms with Gasteiger partial charge in [-0.05, 0) is 51.5 Å². The molecule has 0 radical (unpaired) electrons. The molecule has 0 aliphatic carbocycles. The predicted octanol–water partition coefficient (Wildman–Crippen LogP) is 4.25. The molecule has 0 unspecified atom stereocenters. The van der Waals surface area contributed by atoms with Crippen LogP contribution >= 0.6 is 0 Å². The first kappa shape index (κ1) is 23.7. The highest BCUT2D eigenvalue weighted by molar-refractivity contribution is 7.92. The van der Waals surface area contributed by atoms with Crippen LogP contribution in [0.4, 0.5) is 5.82 Å². The summed E-state index contributed by atoms with van der Waals surface area (Å²) in [5, 5.41) is 8.30. The van der Waals surface area contributed by atoms with Gasteiger partial charge in [0.2, 0.25) is 0 Å². The molecule has 10 nitrogen and oxygen atoms in total. The molecular formula is C25H27N7O3S. The molecule has 0 amide bonds. The van der Waals surface area contributed by atoms with Crippen LogP contribution < -0.4 is 4.72 Å². The Kier molecular flexibility index (Phi) is 5.87. The lowest BCUT2D eigenvalue weighted by molar-refractivity contribution is 0.399. The molecule has 4 aromatic heterocycles. The highest BCUT2D eigenvalue weighted by Crippen LogP contribution is 2.26. The Balaban J connectivity index is 1.50. The summed E-state index contributed by atoms with van der Waals surface area (Å²) in [5.74, 6) is 1.65. The molecule has 11 heteroatoms. The molecule has 5 aromatic rings. The van der Waals surface area contributed by atoms with E-state index in [1.54, 1.807) is 42.9 Å². The van der Waals surface area contributed by atoms with Crippen molar-refractivity contribution in [2.75, 3.05) is 4.72 Å². The van der Waals surface area contributed by atoms with Crippen LogP contribution in [-0.4, -0.2) is 37.9 Å². The minimum absolute atomic E-state index is 0.0787. The average molecular weight is 506 g/mol. The van der Waals surface area contributed by atoms with Gasteiger partial charge in [-0.15, -0.1) is 0 Å². The van der Waals surface area contributed by atoms with Gasteiger partial charge in [0, 0.05) is 29.4 Å². The van der Waals surface area contributed by atoms with Crippen molar-refractivity contribution in [2.24, 2.45) is 0 Å². The zero-order chi connectivity index (χ0) is 25.6. The van der Waals surface area contributed by atoms with Gasteiger partial charge in [-0.25, -0.2) is 23.1 Å². The molecule has 186 valence electrons. The Morgan fingerprint density at radius 2 is 1.86 bits per heavy atom. The monoisotopic (exact) mass is 505 g/mol. The number of sulfonamides is 1. The molecule has 0 bridgehead atoms. The maximum Gasteiger partial charge on any atom is 0.265 e. The van der Waals surface area contributed by atoms with Crippen LogP contribution in [0, 0.1) is 27.7 Å². The Bertz CT molecular complexity index is 1700. The molecule has 0 aliphatic heterocycles. The van der Waals surface area contributed by atoms with Crippen molar-refractivity contribution in [3.8, 4) is 5.69 Å². The normalized spacial score (nSPS) is 11.9. The number of rotatable bonds is 7. The molecule has 0 atom stereocenters. The molecule has 0 spiro atoms. The fourth-order valence-electron chi connectivity index (χ4n) is 4.21. The number of hydrogen-bond donors (Lipinski definition) is 1. The standard InChI is InChI=1S/C25H27N7O3S/c1-6-22-28-23-15(2)11-16(3)27-25(23)31(22)13-19-12-26-32(14-19)20-9-7-8-10-21(20)36(33,34)30-24-17(4)18(5)35-29-24/h7-12,14H,6,13H2,1-5H3,(H,29,30). The lowest BCUT2D eigenvalue weighted by atomic mass is 10.2. The topological polar surface area (TPSA) is 121 Å². The minimum Gasteiger partial charge on any atom is -0.359 e. The zero-order valence-electron chi connectivity index (χ0n) is 20.8. The summed E-state index contributed by atoms with van der Waals surface area (Å²) in [6.07, 6.45) is 4.32. The third kappa shape index (κ3) is 4.15. The van der Waals surface area contributed by atoms with Crippen molar-refractivity contribution in [1.82, 2.24) is 29.5 Å². The largest absolute Gasteiger partial charge is 0.359 e. The molecule has 5 rings (SSSR count). The quantitative estimate of drug-likeness (QED) is 0.351. The van der Waals surface area contributed by atoms with Crippen LogP contribution in [0.25, 0.3) is 16.9 Å². The van der Waals surface area contributed by atoms with Crippen molar-refractivity contribution >= 4 is 27.0 Å². The van der Waals surface area contributed by atoms with Crippen molar-refractivity contribution < 1.29 is 12.9 Å². The fourth-order valence-corrected chi connectivity index (χ4v) is 5.46. The number of anilines is 1. The van der Waals surface area contributed by atoms with Gasteiger partial charge in [0.1, 0.15) is 22.0 Å². The number of nitrogens with one attached hydrogen (secondary N) is 1. The van der Waals surface area contributed by atoms with E-state index in [1.165, 1.54) is 6.07 Å². The van der Waals surface area contributed by atoms with Gasteiger partial charge in [0.25, 0.3) is 10.0 Å². The summed E-state index contributed by atoms with van der Waals surface area (Å²) in [6, 6.07) is 8.73. The van der Waals surface area contributed by atoms with E-state index in [2.05, 4.69) is 26.5 Å². The number of aryl methyl sites for hydroxylation is 4. The van der Waals surface area contributed by atoms with Crippen molar-refractivity contribution in [3.05, 3.63) is 76.7 Å². The van der Waals surface area contributed by atoms with Crippen LogP contribution in [-0.2, 0) is 23.0 Å². The third-order valence-corrected chi connectivity index (χ3v) is 7.57. The number of imidazole rings is 1. The average Bonchev–Trinajstić information content (AvgIpc) is 3.54. The Morgan fingerprint density at radius 3 is 2.58 bits per heavy atom. The summed E-state index contributed by atoms with van der Waals surface area (Å²) >= 11 is 0. The Labute approximate surface area is 209 Å². The second kappa shape index (κ2) is 8.90. The highest BCUT2D eigenvalue weighted by atomic mass is 32.2. The van der Waals surface area contributed by atoms with Crippen molar-refractivity contribution in [3.63, 3.8) is 0 Å². The summed E-state index contributed by atoms with van der Waals surface area (Å²) in [6.45, 7) is 10.1. The van der Waals surface area contributed by atoms with Gasteiger partial charge >= 0.3 is 0 Å². The van der Waals surface area contributed by atoms with Crippen LogP contribution in [0.5, 0.6) is 0 Å². The summed E-state index contributed by atoms with van der Waals surface area (Å²) in [5.41, 5.74) is 5.71. The number of pyridine rings is 1. The van der Waals surface area contributed by atoms with E-state index in [1.807, 2.05) is 26.1 Å². The first-order chi connectivity index (χ1) is 17.2. The van der Waals surface area contributed by atoms with Crippen LogP contribution in [0.3, 0.4) is 0 Å². The molecule has 1 aromatic carbocycles. The smallest absolute Gasteiger partial charge is 0.265 e. The molecule has 0 saturated carbocycles. The summed E-state index contributed by atoms with van der Waals surface area (Å²) in [7, 11) is -3.95. The molecule has 36 heavy (non-hydrogen) atoms. The molecule has 4 heterocycles. The van der Waals surface area contributed by atoms with Gasteiger partial charge in [0.15, 0.2) is 11.5 Å². The van der Waals surface area contributed by atoms with E-state index < -0.39 is 10.0 Å². The third-order valence-electron chi connectivity index (χ3n) is 6.18. The van der Waals surface area contributed by atoms with E-state index in [4.69, 9.17) is 14.5 Å². The maximum atomic E-state index is 13.3. The predicted molar refractivity (Wildman–Crippen MR) is 136 cm³/mol. The SMILES string of the molecule is CCc1nc2c(C)cc(C)nc2n1Cc1cnn(-c2ccccc2S(=O)(=O)Nc2noc(C)c2C)c1. The van der Waals surface area contributed by atoms with E-state index in [-0.39, 0.29) is 10.7 Å². The first-order valence-electron chi connectivity index (χ1n) is 11.6. The number of para-hydroxylation sites is 1. The van der Waals surface area contributed by atoms with Crippen LogP contribution in [0.1, 0.15) is 40.9 Å². The number of aromatic nitrogens is 6. The maximum absolute atomic E-state index is 13.3. The fraction of sp³-hybridized carbons (Fsp3) is 0.280. The lowest BCUT2D eigenvalue weighted by Gasteiger charge is -2.11. The molecule has 0 fully saturated rings. The van der Waals surface area contributed by atoms with Crippen LogP contribution in [0.2, 0.25) is 0 Å². The summed E-state index contributed by atoms with van der Waals surface area (Å²) < 4.78 is 37.8. The number of nitrogens with zero attached hydrogens (tertiary/aromatic N) is 6. The minimum atomic E-state index is -3.95. The lowest BCUT2D eigenvalue weighted by Crippen LogP contribution is -2.16. The van der Waals surface area contributed by atoms with E-state index in [0.29, 0.717) is 23.6 Å². The molecule has 0 aliphatic rings. The Hall–Kier alpha value is -3.99. The van der Waals surface area contributed by atoms with E-state index in [0.717, 1.165) is 40.2 Å². The van der Waals surface area contributed by atoms with Crippen molar-refractivity contribution in [2.45, 2.75) is 52.5 Å². The number of benzene rings is 1. The highest BCUT2D eigenvalue weighted by Gasteiger charge is 2.23. The second-order valence-electron chi connectivity index (χ2n) is 8.80. The molecule has 1 N–H and O–H groups in total. The van der Waals surface area contributed by atoms with Gasteiger partial charge < -0.3 is 9.09 Å². The number of fused-ring (bicyclic) bond motifs is 1. The van der Waals surface area contributed by atoms with Gasteiger partial charge in [-0.2, -0.15) is 5.10 Å². The van der Waals surface area contributed by atoms with Gasteiger partial charge in [0.05, 0.1) is 18.4 Å². The molecule has 0 saturated heterocycles. The number of hydrogen-bond acceptors (Lipinski definition) is 7. The van der Waals surface area contributed by atoms with Crippen LogP contribution in [0.15, 0.2) is 52.1 Å². The first-order valence-corrected chi connectivity index (χ1v) is 13.1. The molecular weight excluding hydrogens is 478 g/mol. The van der Waals surface area contributed by atoms with Gasteiger partial charge in [-0.1, -0.05) is 24.2 Å². The Morgan fingerprint density at radius 1 is 1.08 bits per heavy atom. The van der Waals surface area contributed by atoms with E-state index >= 15 is 0 Å². The summed E-state index contributed by atoms with van der Waals surface area (Å²) in [4.78, 5) is 9.61. The van der Waals surface area contributed by atoms with E-state index in [9.17, 15) is 8.42 Å². The van der Waals surface area contributed by atoms with Gasteiger partial charge in [-0.3, -0.25) is 4.72 Å². The van der Waals surface area contributed by atoms with Crippen molar-refractivity contribution in [1.29, 1.82) is 0 Å².